The van der Waals surface area contributed by atoms with Crippen molar-refractivity contribution in [2.45, 2.75) is 19.8 Å². The fraction of sp³-hybridized carbons (Fsp3) is 0.500. The van der Waals surface area contributed by atoms with Crippen LogP contribution in [0.1, 0.15) is 18.5 Å². The van der Waals surface area contributed by atoms with Crippen LogP contribution < -0.4 is 10.6 Å². The van der Waals surface area contributed by atoms with Gasteiger partial charge >= 0.3 is 0 Å². The van der Waals surface area contributed by atoms with Gasteiger partial charge in [-0.1, -0.05) is 0 Å². The lowest BCUT2D eigenvalue weighted by atomic mass is 9.99. The van der Waals surface area contributed by atoms with Crippen LogP contribution in [0.15, 0.2) is 18.3 Å². The van der Waals surface area contributed by atoms with Crippen molar-refractivity contribution in [3.63, 3.8) is 0 Å². The molecule has 86 valence electrons. The standard InChI is InChI=1S/C12H17N3O/c1-9-4-5-11(8-14-9)15-12(16)10-3-2-6-13-7-10/h4-5,8,10,13H,2-3,6-7H2,1H3,(H,15,16)/t10-/m1/s1. The molecule has 0 bridgehead atoms. The van der Waals surface area contributed by atoms with Crippen LogP contribution in [0, 0.1) is 12.8 Å². The van der Waals surface area contributed by atoms with E-state index in [9.17, 15) is 4.79 Å². The summed E-state index contributed by atoms with van der Waals surface area (Å²) in [4.78, 5) is 16.0. The van der Waals surface area contributed by atoms with Gasteiger partial charge in [0.1, 0.15) is 0 Å². The molecule has 1 saturated heterocycles. The predicted octanol–water partition coefficient (Wildman–Crippen LogP) is 1.33. The van der Waals surface area contributed by atoms with Gasteiger partial charge in [0.2, 0.25) is 5.91 Å². The second kappa shape index (κ2) is 5.07. The molecule has 0 spiro atoms. The van der Waals surface area contributed by atoms with E-state index in [4.69, 9.17) is 0 Å². The number of anilines is 1. The molecule has 0 aliphatic carbocycles. The van der Waals surface area contributed by atoms with E-state index >= 15 is 0 Å². The Bertz CT molecular complexity index is 355. The number of nitrogens with zero attached hydrogens (tertiary/aromatic N) is 1. The molecule has 0 saturated carbocycles. The molecule has 1 aromatic heterocycles. The monoisotopic (exact) mass is 219 g/mol. The van der Waals surface area contributed by atoms with E-state index in [0.29, 0.717) is 0 Å². The van der Waals surface area contributed by atoms with E-state index in [1.807, 2.05) is 19.1 Å². The lowest BCUT2D eigenvalue weighted by Crippen LogP contribution is -2.37. The zero-order chi connectivity index (χ0) is 11.4. The Morgan fingerprint density at radius 1 is 1.56 bits per heavy atom. The third-order valence-electron chi connectivity index (χ3n) is 2.85. The Morgan fingerprint density at radius 3 is 3.06 bits per heavy atom. The maximum Gasteiger partial charge on any atom is 0.228 e. The first-order valence-corrected chi connectivity index (χ1v) is 5.70. The summed E-state index contributed by atoms with van der Waals surface area (Å²) in [5.41, 5.74) is 1.73. The maximum atomic E-state index is 11.9. The highest BCUT2D eigenvalue weighted by Crippen LogP contribution is 2.13. The molecule has 1 aliphatic heterocycles. The molecular formula is C12H17N3O. The normalized spacial score (nSPS) is 20.4. The predicted molar refractivity (Wildman–Crippen MR) is 63.2 cm³/mol. The Morgan fingerprint density at radius 2 is 2.44 bits per heavy atom. The van der Waals surface area contributed by atoms with Crippen LogP contribution in [0.5, 0.6) is 0 Å². The highest BCUT2D eigenvalue weighted by atomic mass is 16.1. The van der Waals surface area contributed by atoms with E-state index in [0.717, 1.165) is 37.3 Å². The van der Waals surface area contributed by atoms with Crippen molar-refractivity contribution >= 4 is 11.6 Å². The van der Waals surface area contributed by atoms with Gasteiger partial charge in [0, 0.05) is 12.2 Å². The van der Waals surface area contributed by atoms with Crippen molar-refractivity contribution in [3.05, 3.63) is 24.0 Å². The number of carbonyl (C=O) groups excluding carboxylic acids is 1. The van der Waals surface area contributed by atoms with Crippen LogP contribution >= 0.6 is 0 Å². The third-order valence-corrected chi connectivity index (χ3v) is 2.85. The van der Waals surface area contributed by atoms with Gasteiger partial charge in [0.05, 0.1) is 17.8 Å². The molecule has 2 rings (SSSR count). The number of hydrogen-bond donors (Lipinski definition) is 2. The van der Waals surface area contributed by atoms with Crippen LogP contribution in [0.2, 0.25) is 0 Å². The van der Waals surface area contributed by atoms with Crippen molar-refractivity contribution in [2.24, 2.45) is 5.92 Å². The second-order valence-electron chi connectivity index (χ2n) is 4.22. The van der Waals surface area contributed by atoms with Crippen LogP contribution in [-0.2, 0) is 4.79 Å². The van der Waals surface area contributed by atoms with E-state index in [-0.39, 0.29) is 11.8 Å². The summed E-state index contributed by atoms with van der Waals surface area (Å²) < 4.78 is 0. The Kier molecular flexibility index (Phi) is 3.51. The number of aromatic nitrogens is 1. The number of aryl methyl sites for hydroxylation is 1. The lowest BCUT2D eigenvalue weighted by molar-refractivity contribution is -0.120. The third kappa shape index (κ3) is 2.79. The summed E-state index contributed by atoms with van der Waals surface area (Å²) in [5, 5.41) is 6.13. The largest absolute Gasteiger partial charge is 0.324 e. The number of piperidine rings is 1. The van der Waals surface area contributed by atoms with E-state index in [1.54, 1.807) is 6.20 Å². The topological polar surface area (TPSA) is 54.0 Å². The van der Waals surface area contributed by atoms with E-state index < -0.39 is 0 Å². The minimum atomic E-state index is 0.0926. The second-order valence-corrected chi connectivity index (χ2v) is 4.22. The molecule has 1 amide bonds. The lowest BCUT2D eigenvalue weighted by Gasteiger charge is -2.21. The van der Waals surface area contributed by atoms with Crippen molar-refractivity contribution in [3.8, 4) is 0 Å². The van der Waals surface area contributed by atoms with Crippen molar-refractivity contribution in [1.82, 2.24) is 10.3 Å². The quantitative estimate of drug-likeness (QED) is 0.789. The number of amides is 1. The number of nitrogens with one attached hydrogen (secondary N) is 2. The number of rotatable bonds is 2. The van der Waals surface area contributed by atoms with Gasteiger partial charge in [0.15, 0.2) is 0 Å². The molecule has 1 fully saturated rings. The van der Waals surface area contributed by atoms with E-state index in [2.05, 4.69) is 15.6 Å². The van der Waals surface area contributed by atoms with Crippen molar-refractivity contribution in [1.29, 1.82) is 0 Å². The van der Waals surface area contributed by atoms with Gasteiger partial charge in [-0.3, -0.25) is 9.78 Å². The minimum absolute atomic E-state index is 0.0926. The van der Waals surface area contributed by atoms with Gasteiger partial charge < -0.3 is 10.6 Å². The fourth-order valence-electron chi connectivity index (χ4n) is 1.86. The first kappa shape index (κ1) is 11.1. The summed E-state index contributed by atoms with van der Waals surface area (Å²) in [6, 6.07) is 3.78. The molecule has 0 aromatic carbocycles. The molecular weight excluding hydrogens is 202 g/mol. The van der Waals surface area contributed by atoms with Gasteiger partial charge in [0.25, 0.3) is 0 Å². The number of hydrogen-bond acceptors (Lipinski definition) is 3. The molecule has 1 aromatic rings. The van der Waals surface area contributed by atoms with Crippen LogP contribution in [0.3, 0.4) is 0 Å². The summed E-state index contributed by atoms with van der Waals surface area (Å²) in [6.07, 6.45) is 3.74. The highest BCUT2D eigenvalue weighted by molar-refractivity contribution is 5.92. The molecule has 1 aliphatic rings. The average Bonchev–Trinajstić information content (AvgIpc) is 2.33. The molecule has 0 unspecified atom stereocenters. The van der Waals surface area contributed by atoms with Crippen LogP contribution in [0.25, 0.3) is 0 Å². The Balaban J connectivity index is 1.93. The summed E-state index contributed by atoms with van der Waals surface area (Å²) in [6.45, 7) is 3.73. The maximum absolute atomic E-state index is 11.9. The smallest absolute Gasteiger partial charge is 0.228 e. The minimum Gasteiger partial charge on any atom is -0.324 e. The van der Waals surface area contributed by atoms with Gasteiger partial charge in [-0.15, -0.1) is 0 Å². The summed E-state index contributed by atoms with van der Waals surface area (Å²) >= 11 is 0. The summed E-state index contributed by atoms with van der Waals surface area (Å²) in [7, 11) is 0. The zero-order valence-electron chi connectivity index (χ0n) is 9.49. The van der Waals surface area contributed by atoms with Gasteiger partial charge in [-0.25, -0.2) is 0 Å². The van der Waals surface area contributed by atoms with E-state index in [1.165, 1.54) is 0 Å². The summed E-state index contributed by atoms with van der Waals surface area (Å²) in [5.74, 6) is 0.188. The first-order chi connectivity index (χ1) is 7.75. The molecule has 4 nitrogen and oxygen atoms in total. The van der Waals surface area contributed by atoms with Gasteiger partial charge in [-0.05, 0) is 38.4 Å². The molecule has 0 radical (unpaired) electrons. The van der Waals surface area contributed by atoms with Crippen molar-refractivity contribution < 1.29 is 4.79 Å². The fourth-order valence-corrected chi connectivity index (χ4v) is 1.86. The zero-order valence-corrected chi connectivity index (χ0v) is 9.49. The molecule has 4 heteroatoms. The molecule has 1 atom stereocenters. The molecule has 2 N–H and O–H groups in total. The van der Waals surface area contributed by atoms with Crippen LogP contribution in [0.4, 0.5) is 5.69 Å². The molecule has 2 heterocycles. The number of pyridine rings is 1. The average molecular weight is 219 g/mol. The molecule has 16 heavy (non-hydrogen) atoms. The highest BCUT2D eigenvalue weighted by Gasteiger charge is 2.20. The SMILES string of the molecule is Cc1ccc(NC(=O)[C@@H]2CCCNC2)cn1. The Labute approximate surface area is 95.5 Å². The van der Waals surface area contributed by atoms with Crippen LogP contribution in [-0.4, -0.2) is 24.0 Å². The number of carbonyl (C=O) groups is 1. The Hall–Kier alpha value is -1.42. The first-order valence-electron chi connectivity index (χ1n) is 5.70. The van der Waals surface area contributed by atoms with Crippen molar-refractivity contribution in [2.75, 3.05) is 18.4 Å². The van der Waals surface area contributed by atoms with Gasteiger partial charge in [-0.2, -0.15) is 0 Å².